The summed E-state index contributed by atoms with van der Waals surface area (Å²) in [5.74, 6) is -0.382. The molecule has 4 aromatic rings. The van der Waals surface area contributed by atoms with Crippen molar-refractivity contribution in [3.8, 4) is 0 Å². The van der Waals surface area contributed by atoms with Crippen molar-refractivity contribution in [3.05, 3.63) is 74.8 Å². The van der Waals surface area contributed by atoms with E-state index in [4.69, 9.17) is 8.83 Å². The summed E-state index contributed by atoms with van der Waals surface area (Å²) in [6.07, 6.45) is 1.57. The predicted molar refractivity (Wildman–Crippen MR) is 115 cm³/mol. The lowest BCUT2D eigenvalue weighted by Crippen LogP contribution is -2.20. The highest BCUT2D eigenvalue weighted by molar-refractivity contribution is 6.00. The zero-order chi connectivity index (χ0) is 21.6. The molecule has 0 unspecified atom stereocenters. The van der Waals surface area contributed by atoms with Crippen molar-refractivity contribution in [2.75, 3.05) is 5.32 Å². The molecule has 1 N–H and O–H groups in total. The van der Waals surface area contributed by atoms with Gasteiger partial charge in [-0.1, -0.05) is 0 Å². The summed E-state index contributed by atoms with van der Waals surface area (Å²) in [6, 6.07) is 8.55. The maximum absolute atomic E-state index is 12.6. The monoisotopic (exact) mass is 403 g/mol. The van der Waals surface area contributed by atoms with Crippen molar-refractivity contribution in [3.63, 3.8) is 0 Å². The van der Waals surface area contributed by atoms with Crippen LogP contribution in [-0.4, -0.2) is 11.7 Å². The second-order valence-electron chi connectivity index (χ2n) is 7.53. The van der Waals surface area contributed by atoms with E-state index < -0.39 is 5.63 Å². The molecule has 6 nitrogen and oxygen atoms in total. The third-order valence-electron chi connectivity index (χ3n) is 5.45. The van der Waals surface area contributed by atoms with Crippen molar-refractivity contribution in [2.24, 2.45) is 0 Å². The number of carbonyl (C=O) groups is 2. The summed E-state index contributed by atoms with van der Waals surface area (Å²) in [5.41, 5.74) is 4.55. The van der Waals surface area contributed by atoms with E-state index in [-0.39, 0.29) is 18.1 Å². The number of nitrogens with one attached hydrogen (secondary N) is 1. The molecule has 0 aliphatic heterocycles. The fourth-order valence-electron chi connectivity index (χ4n) is 3.68. The summed E-state index contributed by atoms with van der Waals surface area (Å²) in [4.78, 5) is 36.6. The lowest BCUT2D eigenvalue weighted by atomic mass is 9.99. The van der Waals surface area contributed by atoms with Gasteiger partial charge in [0.1, 0.15) is 11.2 Å². The fourth-order valence-corrected chi connectivity index (χ4v) is 3.68. The zero-order valence-corrected chi connectivity index (χ0v) is 17.2. The van der Waals surface area contributed by atoms with E-state index in [9.17, 15) is 14.4 Å². The van der Waals surface area contributed by atoms with Gasteiger partial charge in [-0.05, 0) is 69.2 Å². The standard InChI is InChI=1S/C24H21NO5/c1-12-11-29-22-14(3)23-19(9-18(12)22)13(2)20(24(28)30-23)10-21(27)25-17-7-5-16(6-8-17)15(4)26/h5-9,11H,10H2,1-4H3,(H,25,27). The van der Waals surface area contributed by atoms with Crippen LogP contribution in [-0.2, 0) is 11.2 Å². The lowest BCUT2D eigenvalue weighted by molar-refractivity contribution is -0.115. The van der Waals surface area contributed by atoms with Crippen molar-refractivity contribution in [1.29, 1.82) is 0 Å². The van der Waals surface area contributed by atoms with Crippen molar-refractivity contribution >= 4 is 39.3 Å². The number of anilines is 1. The molecular weight excluding hydrogens is 382 g/mol. The molecule has 2 heterocycles. The maximum atomic E-state index is 12.6. The van der Waals surface area contributed by atoms with E-state index in [2.05, 4.69) is 5.32 Å². The van der Waals surface area contributed by atoms with E-state index in [1.165, 1.54) is 6.92 Å². The number of furan rings is 1. The normalized spacial score (nSPS) is 11.2. The number of Topliss-reactive ketones (excluding diaryl/α,β-unsaturated/α-hetero) is 1. The molecule has 0 radical (unpaired) electrons. The summed E-state index contributed by atoms with van der Waals surface area (Å²) >= 11 is 0. The summed E-state index contributed by atoms with van der Waals surface area (Å²) in [5, 5.41) is 4.51. The molecular formula is C24H21NO5. The first-order valence-electron chi connectivity index (χ1n) is 9.60. The van der Waals surface area contributed by atoms with E-state index in [0.717, 1.165) is 21.9 Å². The van der Waals surface area contributed by atoms with Gasteiger partial charge in [0.05, 0.1) is 18.2 Å². The van der Waals surface area contributed by atoms with Crippen molar-refractivity contribution in [2.45, 2.75) is 34.1 Å². The number of carbonyl (C=O) groups excluding carboxylic acids is 2. The van der Waals surface area contributed by atoms with Crippen LogP contribution >= 0.6 is 0 Å². The predicted octanol–water partition coefficient (Wildman–Crippen LogP) is 4.85. The molecule has 2 aromatic carbocycles. The number of hydrogen-bond donors (Lipinski definition) is 1. The SMILES string of the molecule is CC(=O)c1ccc(NC(=O)Cc2c(C)c3cc4c(C)coc4c(C)c3oc2=O)cc1. The molecule has 4 rings (SSSR count). The zero-order valence-electron chi connectivity index (χ0n) is 17.2. The van der Waals surface area contributed by atoms with Gasteiger partial charge in [-0.25, -0.2) is 4.79 Å². The van der Waals surface area contributed by atoms with Gasteiger partial charge in [0.25, 0.3) is 0 Å². The second-order valence-corrected chi connectivity index (χ2v) is 7.53. The Kier molecular flexibility index (Phi) is 4.78. The summed E-state index contributed by atoms with van der Waals surface area (Å²) in [7, 11) is 0. The Bertz CT molecular complexity index is 1370. The Hall–Kier alpha value is -3.67. The average Bonchev–Trinajstić information content (AvgIpc) is 3.08. The molecule has 0 bridgehead atoms. The Morgan fingerprint density at radius 3 is 2.33 bits per heavy atom. The number of benzene rings is 2. The smallest absolute Gasteiger partial charge is 0.340 e. The van der Waals surface area contributed by atoms with Gasteiger partial charge in [0, 0.05) is 27.6 Å². The molecule has 0 aliphatic rings. The maximum Gasteiger partial charge on any atom is 0.340 e. The Morgan fingerprint density at radius 1 is 0.967 bits per heavy atom. The molecule has 0 spiro atoms. The van der Waals surface area contributed by atoms with Gasteiger partial charge in [-0.2, -0.15) is 0 Å². The van der Waals surface area contributed by atoms with Crippen LogP contribution in [0.15, 0.2) is 50.2 Å². The minimum atomic E-state index is -0.534. The quantitative estimate of drug-likeness (QED) is 0.389. The van der Waals surface area contributed by atoms with E-state index in [0.29, 0.717) is 33.5 Å². The molecule has 1 amide bonds. The highest BCUT2D eigenvalue weighted by Gasteiger charge is 2.19. The molecule has 6 heteroatoms. The van der Waals surface area contributed by atoms with Crippen molar-refractivity contribution < 1.29 is 18.4 Å². The first-order chi connectivity index (χ1) is 14.3. The largest absolute Gasteiger partial charge is 0.464 e. The third-order valence-corrected chi connectivity index (χ3v) is 5.45. The van der Waals surface area contributed by atoms with Crippen LogP contribution in [0.25, 0.3) is 21.9 Å². The lowest BCUT2D eigenvalue weighted by Gasteiger charge is -2.10. The topological polar surface area (TPSA) is 89.5 Å². The van der Waals surface area contributed by atoms with Crippen molar-refractivity contribution in [1.82, 2.24) is 0 Å². The Balaban J connectivity index is 1.69. The van der Waals surface area contributed by atoms with E-state index in [1.807, 2.05) is 26.8 Å². The number of ketones is 1. The molecule has 30 heavy (non-hydrogen) atoms. The number of hydrogen-bond acceptors (Lipinski definition) is 5. The fraction of sp³-hybridized carbons (Fsp3) is 0.208. The minimum Gasteiger partial charge on any atom is -0.464 e. The molecule has 0 aliphatic carbocycles. The molecule has 0 saturated heterocycles. The second kappa shape index (κ2) is 7.30. The average molecular weight is 403 g/mol. The van der Waals surface area contributed by atoms with Crippen LogP contribution in [0.1, 0.15) is 39.5 Å². The molecule has 2 aromatic heterocycles. The van der Waals surface area contributed by atoms with Crippen LogP contribution in [0.4, 0.5) is 5.69 Å². The van der Waals surface area contributed by atoms with Crippen LogP contribution in [0.3, 0.4) is 0 Å². The van der Waals surface area contributed by atoms with Crippen LogP contribution in [0, 0.1) is 20.8 Å². The third kappa shape index (κ3) is 3.30. The van der Waals surface area contributed by atoms with Crippen LogP contribution in [0.2, 0.25) is 0 Å². The summed E-state index contributed by atoms with van der Waals surface area (Å²) < 4.78 is 11.2. The van der Waals surface area contributed by atoms with Crippen LogP contribution < -0.4 is 10.9 Å². The summed E-state index contributed by atoms with van der Waals surface area (Å²) in [6.45, 7) is 7.12. The molecule has 0 fully saturated rings. The minimum absolute atomic E-state index is 0.0467. The Labute approximate surface area is 172 Å². The van der Waals surface area contributed by atoms with Gasteiger partial charge in [0.2, 0.25) is 5.91 Å². The molecule has 0 atom stereocenters. The van der Waals surface area contributed by atoms with Gasteiger partial charge < -0.3 is 14.2 Å². The number of rotatable bonds is 4. The first-order valence-corrected chi connectivity index (χ1v) is 9.60. The number of amides is 1. The first kappa shape index (κ1) is 19.6. The van der Waals surface area contributed by atoms with Gasteiger partial charge in [-0.3, -0.25) is 9.59 Å². The molecule has 0 saturated carbocycles. The Morgan fingerprint density at radius 2 is 1.67 bits per heavy atom. The van der Waals surface area contributed by atoms with E-state index in [1.54, 1.807) is 30.5 Å². The van der Waals surface area contributed by atoms with E-state index >= 15 is 0 Å². The van der Waals surface area contributed by atoms with Gasteiger partial charge in [0.15, 0.2) is 5.78 Å². The molecule has 152 valence electrons. The number of aryl methyl sites for hydroxylation is 3. The highest BCUT2D eigenvalue weighted by atomic mass is 16.4. The van der Waals surface area contributed by atoms with Crippen LogP contribution in [0.5, 0.6) is 0 Å². The van der Waals surface area contributed by atoms with Gasteiger partial charge >= 0.3 is 5.63 Å². The highest BCUT2D eigenvalue weighted by Crippen LogP contribution is 2.32. The van der Waals surface area contributed by atoms with Gasteiger partial charge in [-0.15, -0.1) is 0 Å². The number of fused-ring (bicyclic) bond motifs is 2.